The number of aromatic nitrogens is 1. The lowest BCUT2D eigenvalue weighted by atomic mass is 10.1. The van der Waals surface area contributed by atoms with Gasteiger partial charge in [-0.1, -0.05) is 31.2 Å². The van der Waals surface area contributed by atoms with Crippen LogP contribution in [0.5, 0.6) is 5.75 Å². The van der Waals surface area contributed by atoms with Crippen LogP contribution >= 0.6 is 0 Å². The van der Waals surface area contributed by atoms with Crippen molar-refractivity contribution in [2.24, 2.45) is 0 Å². The number of hydrogen-bond acceptors (Lipinski definition) is 4. The number of rotatable bonds is 10. The van der Waals surface area contributed by atoms with Gasteiger partial charge in [-0.25, -0.2) is 8.42 Å². The fraction of sp³-hybridized carbons (Fsp3) is 0.276. The lowest BCUT2D eigenvalue weighted by Crippen LogP contribution is -2.14. The van der Waals surface area contributed by atoms with E-state index in [1.165, 1.54) is 5.56 Å². The molecule has 0 aliphatic heterocycles. The summed E-state index contributed by atoms with van der Waals surface area (Å²) < 4.78 is 31.8. The summed E-state index contributed by atoms with van der Waals surface area (Å²) in [7, 11) is -3.24. The van der Waals surface area contributed by atoms with Gasteiger partial charge in [-0.15, -0.1) is 0 Å². The van der Waals surface area contributed by atoms with Crippen LogP contribution in [0.4, 0.5) is 5.69 Å². The molecular weight excluding hydrogens is 472 g/mol. The summed E-state index contributed by atoms with van der Waals surface area (Å²) >= 11 is 0. The molecule has 0 bridgehead atoms. The number of carbonyl (C=O) groups excluding carboxylic acids is 1. The SMILES string of the molecule is CCS(=O)(=O)c1ccc(CC(=O)Nc2ccc3c(ccn3CCc3ccc(OC(C)C)cc3)c2)cc1. The molecule has 0 saturated heterocycles. The number of hydrogen-bond donors (Lipinski definition) is 1. The Hall–Kier alpha value is -3.58. The molecule has 0 aliphatic rings. The fourth-order valence-corrected chi connectivity index (χ4v) is 4.99. The van der Waals surface area contributed by atoms with Crippen LogP contribution in [0.15, 0.2) is 83.9 Å². The largest absolute Gasteiger partial charge is 0.491 e. The van der Waals surface area contributed by atoms with Gasteiger partial charge in [0.1, 0.15) is 5.75 Å². The number of nitrogens with one attached hydrogen (secondary N) is 1. The predicted octanol–water partition coefficient (Wildman–Crippen LogP) is 5.65. The third kappa shape index (κ3) is 6.34. The zero-order chi connectivity index (χ0) is 25.7. The highest BCUT2D eigenvalue weighted by molar-refractivity contribution is 7.91. The summed E-state index contributed by atoms with van der Waals surface area (Å²) in [4.78, 5) is 12.8. The Kier molecular flexibility index (Phi) is 7.79. The lowest BCUT2D eigenvalue weighted by molar-refractivity contribution is -0.115. The van der Waals surface area contributed by atoms with Crippen molar-refractivity contribution in [1.29, 1.82) is 0 Å². The molecule has 7 heteroatoms. The van der Waals surface area contributed by atoms with E-state index in [1.54, 1.807) is 31.2 Å². The van der Waals surface area contributed by atoms with E-state index in [1.807, 2.05) is 44.2 Å². The molecule has 6 nitrogen and oxygen atoms in total. The van der Waals surface area contributed by atoms with Gasteiger partial charge in [0.15, 0.2) is 9.84 Å². The number of carbonyl (C=O) groups is 1. The first-order valence-corrected chi connectivity index (χ1v) is 13.8. The van der Waals surface area contributed by atoms with E-state index in [4.69, 9.17) is 4.74 Å². The van der Waals surface area contributed by atoms with Gasteiger partial charge in [0.25, 0.3) is 0 Å². The van der Waals surface area contributed by atoms with Crippen molar-refractivity contribution in [1.82, 2.24) is 4.57 Å². The zero-order valence-corrected chi connectivity index (χ0v) is 21.7. The Morgan fingerprint density at radius 1 is 0.944 bits per heavy atom. The van der Waals surface area contributed by atoms with Gasteiger partial charge in [0.2, 0.25) is 5.91 Å². The second kappa shape index (κ2) is 11.0. The minimum Gasteiger partial charge on any atom is -0.491 e. The van der Waals surface area contributed by atoms with Crippen molar-refractivity contribution in [2.75, 3.05) is 11.1 Å². The Morgan fingerprint density at radius 2 is 1.64 bits per heavy atom. The average molecular weight is 505 g/mol. The Bertz CT molecular complexity index is 1440. The predicted molar refractivity (Wildman–Crippen MR) is 144 cm³/mol. The minimum atomic E-state index is -3.24. The molecule has 3 aromatic carbocycles. The molecule has 4 aromatic rings. The normalized spacial score (nSPS) is 11.7. The minimum absolute atomic E-state index is 0.0536. The summed E-state index contributed by atoms with van der Waals surface area (Å²) in [6.45, 7) is 6.50. The highest BCUT2D eigenvalue weighted by Gasteiger charge is 2.12. The van der Waals surface area contributed by atoms with E-state index >= 15 is 0 Å². The quantitative estimate of drug-likeness (QED) is 0.303. The van der Waals surface area contributed by atoms with Gasteiger partial charge in [0.05, 0.1) is 23.2 Å². The Morgan fingerprint density at radius 3 is 2.31 bits per heavy atom. The zero-order valence-electron chi connectivity index (χ0n) is 20.9. The number of anilines is 1. The van der Waals surface area contributed by atoms with Crippen LogP contribution in [-0.4, -0.2) is 30.7 Å². The number of fused-ring (bicyclic) bond motifs is 1. The summed E-state index contributed by atoms with van der Waals surface area (Å²) in [5.74, 6) is 0.791. The number of ether oxygens (including phenoxy) is 1. The van der Waals surface area contributed by atoms with E-state index < -0.39 is 9.84 Å². The van der Waals surface area contributed by atoms with Crippen LogP contribution in [-0.2, 0) is 34.0 Å². The van der Waals surface area contributed by atoms with E-state index in [9.17, 15) is 13.2 Å². The van der Waals surface area contributed by atoms with Crippen molar-refractivity contribution in [3.8, 4) is 5.75 Å². The van der Waals surface area contributed by atoms with Gasteiger partial charge in [0, 0.05) is 29.3 Å². The van der Waals surface area contributed by atoms with Crippen molar-refractivity contribution in [3.05, 3.63) is 90.1 Å². The van der Waals surface area contributed by atoms with E-state index in [0.29, 0.717) is 0 Å². The molecule has 0 fully saturated rings. The lowest BCUT2D eigenvalue weighted by Gasteiger charge is -2.11. The van der Waals surface area contributed by atoms with Crippen molar-refractivity contribution in [2.45, 2.75) is 51.2 Å². The highest BCUT2D eigenvalue weighted by Crippen LogP contribution is 2.22. The molecule has 0 saturated carbocycles. The smallest absolute Gasteiger partial charge is 0.228 e. The molecular formula is C29H32N2O4S. The third-order valence-corrected chi connectivity index (χ3v) is 7.77. The molecule has 1 N–H and O–H groups in total. The maximum Gasteiger partial charge on any atom is 0.228 e. The molecule has 0 atom stereocenters. The van der Waals surface area contributed by atoms with Gasteiger partial charge in [-0.3, -0.25) is 4.79 Å². The topological polar surface area (TPSA) is 77.4 Å². The molecule has 0 unspecified atom stereocenters. The molecule has 188 valence electrons. The maximum absolute atomic E-state index is 12.6. The molecule has 36 heavy (non-hydrogen) atoms. The van der Waals surface area contributed by atoms with E-state index in [0.717, 1.165) is 40.9 Å². The summed E-state index contributed by atoms with van der Waals surface area (Å²) in [5, 5.41) is 4.00. The van der Waals surface area contributed by atoms with Gasteiger partial charge in [-0.05, 0) is 79.9 Å². The number of benzene rings is 3. The van der Waals surface area contributed by atoms with Crippen molar-refractivity contribution < 1.29 is 17.9 Å². The van der Waals surface area contributed by atoms with Crippen LogP contribution in [0.1, 0.15) is 31.9 Å². The third-order valence-electron chi connectivity index (χ3n) is 6.02. The van der Waals surface area contributed by atoms with Gasteiger partial charge >= 0.3 is 0 Å². The summed E-state index contributed by atoms with van der Waals surface area (Å²) in [6, 6.07) is 22.7. The second-order valence-electron chi connectivity index (χ2n) is 9.12. The number of nitrogens with zero attached hydrogens (tertiary/aromatic N) is 1. The van der Waals surface area contributed by atoms with Crippen LogP contribution in [0.25, 0.3) is 10.9 Å². The number of amides is 1. The molecule has 0 radical (unpaired) electrons. The maximum atomic E-state index is 12.6. The first kappa shape index (κ1) is 25.5. The number of aryl methyl sites for hydroxylation is 2. The molecule has 0 spiro atoms. The summed E-state index contributed by atoms with van der Waals surface area (Å²) in [5.41, 5.74) is 3.85. The molecule has 0 aliphatic carbocycles. The number of sulfone groups is 1. The standard InChI is InChI=1S/C29H32N2O4S/c1-4-36(33,34)27-12-7-23(8-13-27)19-29(32)30-25-9-14-28-24(20-25)16-18-31(28)17-15-22-5-10-26(11-6-22)35-21(2)3/h5-14,16,18,20-21H,4,15,17,19H2,1-3H3,(H,30,32). The van der Waals surface area contributed by atoms with Crippen LogP contribution < -0.4 is 10.1 Å². The average Bonchev–Trinajstić information content (AvgIpc) is 3.25. The van der Waals surface area contributed by atoms with Crippen LogP contribution in [0.2, 0.25) is 0 Å². The van der Waals surface area contributed by atoms with Crippen LogP contribution in [0, 0.1) is 0 Å². The molecule has 1 heterocycles. The molecule has 1 amide bonds. The highest BCUT2D eigenvalue weighted by atomic mass is 32.2. The molecule has 4 rings (SSSR count). The van der Waals surface area contributed by atoms with Gasteiger partial charge < -0.3 is 14.6 Å². The first-order valence-electron chi connectivity index (χ1n) is 12.2. The van der Waals surface area contributed by atoms with Crippen molar-refractivity contribution in [3.63, 3.8) is 0 Å². The van der Waals surface area contributed by atoms with Crippen molar-refractivity contribution >= 4 is 32.3 Å². The van der Waals surface area contributed by atoms with Crippen LogP contribution in [0.3, 0.4) is 0 Å². The monoisotopic (exact) mass is 504 g/mol. The van der Waals surface area contributed by atoms with E-state index in [-0.39, 0.29) is 29.1 Å². The Balaban J connectivity index is 1.35. The van der Waals surface area contributed by atoms with Gasteiger partial charge in [-0.2, -0.15) is 0 Å². The Labute approximate surface area is 212 Å². The first-order chi connectivity index (χ1) is 17.2. The summed E-state index contributed by atoms with van der Waals surface area (Å²) in [6.07, 6.45) is 3.31. The fourth-order valence-electron chi connectivity index (χ4n) is 4.10. The second-order valence-corrected chi connectivity index (χ2v) is 11.4. The molecule has 1 aromatic heterocycles. The van der Waals surface area contributed by atoms with E-state index in [2.05, 4.69) is 34.3 Å².